The summed E-state index contributed by atoms with van der Waals surface area (Å²) in [6.07, 6.45) is 9.24. The first-order valence-corrected chi connectivity index (χ1v) is 7.10. The largest absolute Gasteiger partial charge is 0.347 e. The molecule has 6 heteroatoms. The summed E-state index contributed by atoms with van der Waals surface area (Å²) in [6, 6.07) is 0.254. The lowest BCUT2D eigenvalue weighted by Gasteiger charge is -2.30. The lowest BCUT2D eigenvalue weighted by atomic mass is 9.97. The molecule has 0 aromatic carbocycles. The van der Waals surface area contributed by atoms with E-state index in [0.29, 0.717) is 5.69 Å². The topological polar surface area (TPSA) is 62.5 Å². The zero-order valence-electron chi connectivity index (χ0n) is 11.2. The molecule has 20 heavy (non-hydrogen) atoms. The molecular formula is C14H17N5O. The molecule has 4 heterocycles. The van der Waals surface area contributed by atoms with Crippen molar-refractivity contribution in [2.75, 3.05) is 19.6 Å². The summed E-state index contributed by atoms with van der Waals surface area (Å²) in [7, 11) is 0. The Kier molecular flexibility index (Phi) is 2.70. The summed E-state index contributed by atoms with van der Waals surface area (Å²) in [5.74, 6) is 0.659. The van der Waals surface area contributed by atoms with Crippen LogP contribution in [0.15, 0.2) is 24.8 Å². The third kappa shape index (κ3) is 2.06. The van der Waals surface area contributed by atoms with Gasteiger partial charge in [0.15, 0.2) is 5.65 Å². The summed E-state index contributed by atoms with van der Waals surface area (Å²) >= 11 is 0. The number of nitrogens with one attached hydrogen (secondary N) is 1. The molecule has 2 aliphatic heterocycles. The van der Waals surface area contributed by atoms with E-state index in [0.717, 1.165) is 24.5 Å². The van der Waals surface area contributed by atoms with E-state index in [4.69, 9.17) is 0 Å². The minimum Gasteiger partial charge on any atom is -0.347 e. The van der Waals surface area contributed by atoms with Crippen molar-refractivity contribution < 1.29 is 4.79 Å². The van der Waals surface area contributed by atoms with Gasteiger partial charge < -0.3 is 14.6 Å². The second kappa shape index (κ2) is 4.56. The van der Waals surface area contributed by atoms with Gasteiger partial charge in [-0.05, 0) is 25.3 Å². The number of rotatable bonds is 2. The van der Waals surface area contributed by atoms with E-state index in [-0.39, 0.29) is 11.9 Å². The third-order valence-electron chi connectivity index (χ3n) is 4.31. The zero-order chi connectivity index (χ0) is 13.5. The fourth-order valence-electron chi connectivity index (χ4n) is 3.37. The molecule has 104 valence electrons. The second-order valence-corrected chi connectivity index (χ2v) is 5.79. The van der Waals surface area contributed by atoms with Crippen molar-refractivity contribution in [2.24, 2.45) is 5.92 Å². The number of carbonyl (C=O) groups is 1. The molecule has 2 saturated heterocycles. The van der Waals surface area contributed by atoms with Crippen molar-refractivity contribution in [3.8, 4) is 0 Å². The average Bonchev–Trinajstić information content (AvgIpc) is 3.04. The van der Waals surface area contributed by atoms with Gasteiger partial charge in [0, 0.05) is 37.7 Å². The predicted molar refractivity (Wildman–Crippen MR) is 73.4 cm³/mol. The minimum absolute atomic E-state index is 0.0897. The molecule has 0 saturated carbocycles. The van der Waals surface area contributed by atoms with Gasteiger partial charge in [-0.25, -0.2) is 9.97 Å². The molecule has 2 fully saturated rings. The normalized spacial score (nSPS) is 28.7. The monoisotopic (exact) mass is 271 g/mol. The molecule has 0 aliphatic carbocycles. The number of hydrogen-bond donors (Lipinski definition) is 1. The summed E-state index contributed by atoms with van der Waals surface area (Å²) in [6.45, 7) is 3.34. The van der Waals surface area contributed by atoms with Gasteiger partial charge in [-0.1, -0.05) is 0 Å². The van der Waals surface area contributed by atoms with Gasteiger partial charge in [0.05, 0.1) is 6.20 Å². The molecular weight excluding hydrogens is 254 g/mol. The van der Waals surface area contributed by atoms with E-state index in [1.54, 1.807) is 18.6 Å². The standard InChI is InChI=1S/C14H17N5O/c20-14(12-9-19-4-2-15-13(19)6-16-12)17-11-5-10-1-3-18(7-10)8-11/h2,4,6,9-11H,1,3,5,7-8H2,(H,17,20)/t10?,11-/m1/s1. The maximum atomic E-state index is 12.3. The van der Waals surface area contributed by atoms with Gasteiger partial charge in [0.1, 0.15) is 5.69 Å². The highest BCUT2D eigenvalue weighted by Crippen LogP contribution is 2.26. The lowest BCUT2D eigenvalue weighted by Crippen LogP contribution is -2.47. The molecule has 2 aliphatic rings. The SMILES string of the molecule is O=C(N[C@@H]1CC2CCN(C2)C1)c1cn2ccnc2cn1. The average molecular weight is 271 g/mol. The molecule has 0 radical (unpaired) electrons. The Hall–Kier alpha value is -1.95. The number of fused-ring (bicyclic) bond motifs is 3. The number of hydrogen-bond acceptors (Lipinski definition) is 4. The molecule has 4 rings (SSSR count). The zero-order valence-corrected chi connectivity index (χ0v) is 11.2. The Balaban J connectivity index is 1.49. The molecule has 1 N–H and O–H groups in total. The van der Waals surface area contributed by atoms with E-state index in [1.807, 2.05) is 10.6 Å². The molecule has 6 nitrogen and oxygen atoms in total. The van der Waals surface area contributed by atoms with Crippen LogP contribution in [0.5, 0.6) is 0 Å². The van der Waals surface area contributed by atoms with Gasteiger partial charge in [0.25, 0.3) is 5.91 Å². The Bertz CT molecular complexity index is 640. The van der Waals surface area contributed by atoms with Crippen LogP contribution in [0.4, 0.5) is 0 Å². The molecule has 1 amide bonds. The summed E-state index contributed by atoms with van der Waals surface area (Å²) in [5, 5.41) is 3.12. The Morgan fingerprint density at radius 2 is 2.30 bits per heavy atom. The van der Waals surface area contributed by atoms with Crippen LogP contribution in [-0.4, -0.2) is 50.9 Å². The summed E-state index contributed by atoms with van der Waals surface area (Å²) in [5.41, 5.74) is 1.20. The van der Waals surface area contributed by atoms with Crippen LogP contribution in [0, 0.1) is 5.92 Å². The van der Waals surface area contributed by atoms with Crippen molar-refractivity contribution >= 4 is 11.6 Å². The van der Waals surface area contributed by atoms with Crippen LogP contribution < -0.4 is 5.32 Å². The van der Waals surface area contributed by atoms with Crippen LogP contribution >= 0.6 is 0 Å². The van der Waals surface area contributed by atoms with Gasteiger partial charge in [-0.15, -0.1) is 0 Å². The highest BCUT2D eigenvalue weighted by molar-refractivity contribution is 5.92. The van der Waals surface area contributed by atoms with Crippen molar-refractivity contribution in [1.29, 1.82) is 0 Å². The van der Waals surface area contributed by atoms with Crippen molar-refractivity contribution in [1.82, 2.24) is 24.6 Å². The predicted octanol–water partition coefficient (Wildman–Crippen LogP) is 0.553. The van der Waals surface area contributed by atoms with Crippen LogP contribution in [0.3, 0.4) is 0 Å². The van der Waals surface area contributed by atoms with Crippen molar-refractivity contribution in [3.05, 3.63) is 30.5 Å². The van der Waals surface area contributed by atoms with E-state index in [9.17, 15) is 4.79 Å². The first kappa shape index (κ1) is 11.8. The van der Waals surface area contributed by atoms with Crippen molar-refractivity contribution in [2.45, 2.75) is 18.9 Å². The van der Waals surface area contributed by atoms with Crippen molar-refractivity contribution in [3.63, 3.8) is 0 Å². The van der Waals surface area contributed by atoms with E-state index in [2.05, 4.69) is 20.2 Å². The van der Waals surface area contributed by atoms with Gasteiger partial charge in [-0.2, -0.15) is 0 Å². The number of nitrogens with zero attached hydrogens (tertiary/aromatic N) is 4. The number of amides is 1. The van der Waals surface area contributed by atoms with Gasteiger partial charge >= 0.3 is 0 Å². The molecule has 3 atom stereocenters. The Morgan fingerprint density at radius 1 is 1.35 bits per heavy atom. The number of aromatic nitrogens is 3. The van der Waals surface area contributed by atoms with Crippen LogP contribution in [0.1, 0.15) is 23.3 Å². The van der Waals surface area contributed by atoms with E-state index < -0.39 is 0 Å². The maximum absolute atomic E-state index is 12.3. The molecule has 2 aromatic rings. The Morgan fingerprint density at radius 3 is 3.20 bits per heavy atom. The fourth-order valence-corrected chi connectivity index (χ4v) is 3.37. The van der Waals surface area contributed by atoms with Gasteiger partial charge in [-0.3, -0.25) is 4.79 Å². The minimum atomic E-state index is -0.0897. The Labute approximate surface area is 116 Å². The maximum Gasteiger partial charge on any atom is 0.271 e. The van der Waals surface area contributed by atoms with E-state index >= 15 is 0 Å². The van der Waals surface area contributed by atoms with Gasteiger partial charge in [0.2, 0.25) is 0 Å². The highest BCUT2D eigenvalue weighted by Gasteiger charge is 2.33. The third-order valence-corrected chi connectivity index (χ3v) is 4.31. The quantitative estimate of drug-likeness (QED) is 0.866. The second-order valence-electron chi connectivity index (χ2n) is 5.79. The molecule has 2 aromatic heterocycles. The molecule has 2 unspecified atom stereocenters. The summed E-state index contributed by atoms with van der Waals surface area (Å²) in [4.78, 5) is 23.0. The van der Waals surface area contributed by atoms with Crippen LogP contribution in [0.25, 0.3) is 5.65 Å². The smallest absolute Gasteiger partial charge is 0.271 e. The first-order chi connectivity index (χ1) is 9.78. The fraction of sp³-hybridized carbons (Fsp3) is 0.500. The van der Waals surface area contributed by atoms with Crippen LogP contribution in [0.2, 0.25) is 0 Å². The number of carbonyl (C=O) groups excluding carboxylic acids is 1. The number of piperidine rings is 1. The highest BCUT2D eigenvalue weighted by atomic mass is 16.2. The summed E-state index contributed by atoms with van der Waals surface area (Å²) < 4.78 is 1.82. The van der Waals surface area contributed by atoms with E-state index in [1.165, 1.54) is 19.5 Å². The number of imidazole rings is 1. The van der Waals surface area contributed by atoms with Crippen LogP contribution in [-0.2, 0) is 0 Å². The lowest BCUT2D eigenvalue weighted by molar-refractivity contribution is 0.0904. The molecule has 2 bridgehead atoms. The first-order valence-electron chi connectivity index (χ1n) is 7.10. The molecule has 0 spiro atoms.